The maximum atomic E-state index is 5.44. The third-order valence-electron chi connectivity index (χ3n) is 4.66. The number of ether oxygens (including phenoxy) is 1. The van der Waals surface area contributed by atoms with Gasteiger partial charge in [0, 0.05) is 31.7 Å². The van der Waals surface area contributed by atoms with E-state index in [0.717, 1.165) is 32.3 Å². The number of likely N-dealkylation sites (tertiary alicyclic amines) is 1. The van der Waals surface area contributed by atoms with Gasteiger partial charge in [-0.15, -0.1) is 0 Å². The third kappa shape index (κ3) is 5.03. The fraction of sp³-hybridized carbons (Fsp3) is 1.00. The van der Waals surface area contributed by atoms with Gasteiger partial charge in [0.1, 0.15) is 0 Å². The second-order valence-corrected chi connectivity index (χ2v) is 6.08. The maximum Gasteiger partial charge on any atom is 0.0594 e. The Kier molecular flexibility index (Phi) is 6.57. The molecule has 2 fully saturated rings. The molecule has 0 bridgehead atoms. The number of hydrogen-bond acceptors (Lipinski definition) is 4. The first-order chi connectivity index (χ1) is 9.29. The fourth-order valence-corrected chi connectivity index (χ4v) is 3.19. The molecule has 2 saturated heterocycles. The molecule has 2 heterocycles. The minimum atomic E-state index is 0.666. The second-order valence-electron chi connectivity index (χ2n) is 6.08. The average Bonchev–Trinajstić information content (AvgIpc) is 2.93. The topological polar surface area (TPSA) is 27.7 Å². The van der Waals surface area contributed by atoms with Gasteiger partial charge in [0.25, 0.3) is 0 Å². The number of hydrogen-bond donors (Lipinski definition) is 1. The molecule has 1 N–H and O–H groups in total. The predicted octanol–water partition coefficient (Wildman–Crippen LogP) is 1.17. The quantitative estimate of drug-likeness (QED) is 0.702. The van der Waals surface area contributed by atoms with E-state index in [1.807, 2.05) is 0 Å². The van der Waals surface area contributed by atoms with E-state index < -0.39 is 0 Å². The van der Waals surface area contributed by atoms with Gasteiger partial charge < -0.3 is 15.0 Å². The zero-order chi connectivity index (χ0) is 13.5. The fourth-order valence-electron chi connectivity index (χ4n) is 3.19. The van der Waals surface area contributed by atoms with E-state index in [-0.39, 0.29) is 0 Å². The molecular formula is C15H31N3O. The van der Waals surface area contributed by atoms with E-state index >= 15 is 0 Å². The molecule has 0 amide bonds. The molecule has 4 heteroatoms. The highest BCUT2D eigenvalue weighted by Crippen LogP contribution is 2.17. The van der Waals surface area contributed by atoms with Crippen LogP contribution in [-0.2, 0) is 4.74 Å². The van der Waals surface area contributed by atoms with E-state index in [0.29, 0.717) is 6.04 Å². The average molecular weight is 269 g/mol. The monoisotopic (exact) mass is 269 g/mol. The Morgan fingerprint density at radius 2 is 2.00 bits per heavy atom. The van der Waals surface area contributed by atoms with Crippen molar-refractivity contribution in [2.45, 2.75) is 44.7 Å². The summed E-state index contributed by atoms with van der Waals surface area (Å²) in [5.41, 5.74) is 0. The molecule has 2 rings (SSSR count). The lowest BCUT2D eigenvalue weighted by molar-refractivity contribution is 0.0185. The molecule has 2 aliphatic rings. The zero-order valence-corrected chi connectivity index (χ0v) is 12.7. The van der Waals surface area contributed by atoms with Gasteiger partial charge in [0.15, 0.2) is 0 Å². The van der Waals surface area contributed by atoms with Gasteiger partial charge >= 0.3 is 0 Å². The standard InChI is InChI=1S/C15H31N3O/c1-14(16-2)5-3-4-7-17-8-6-15(13-17)18-9-11-19-12-10-18/h14-16H,3-13H2,1-2H3. The Hall–Kier alpha value is -0.160. The first-order valence-electron chi connectivity index (χ1n) is 8.01. The Bertz CT molecular complexity index is 244. The van der Waals surface area contributed by atoms with Crippen molar-refractivity contribution in [1.82, 2.24) is 15.1 Å². The molecule has 0 saturated carbocycles. The largest absolute Gasteiger partial charge is 0.379 e. The van der Waals surface area contributed by atoms with Crippen molar-refractivity contribution in [2.24, 2.45) is 0 Å². The van der Waals surface area contributed by atoms with Crippen molar-refractivity contribution >= 4 is 0 Å². The van der Waals surface area contributed by atoms with Crippen LogP contribution < -0.4 is 5.32 Å². The molecule has 4 nitrogen and oxygen atoms in total. The van der Waals surface area contributed by atoms with Gasteiger partial charge in [-0.05, 0) is 46.3 Å². The van der Waals surface area contributed by atoms with E-state index in [1.54, 1.807) is 0 Å². The number of unbranched alkanes of at least 4 members (excludes halogenated alkanes) is 1. The summed E-state index contributed by atoms with van der Waals surface area (Å²) >= 11 is 0. The molecule has 0 spiro atoms. The van der Waals surface area contributed by atoms with Crippen molar-refractivity contribution in [3.63, 3.8) is 0 Å². The van der Waals surface area contributed by atoms with Crippen LogP contribution >= 0.6 is 0 Å². The van der Waals surface area contributed by atoms with Crippen LogP contribution in [0, 0.1) is 0 Å². The van der Waals surface area contributed by atoms with Crippen molar-refractivity contribution in [3.05, 3.63) is 0 Å². The van der Waals surface area contributed by atoms with Crippen molar-refractivity contribution in [3.8, 4) is 0 Å². The molecular weight excluding hydrogens is 238 g/mol. The van der Waals surface area contributed by atoms with Crippen LogP contribution in [0.15, 0.2) is 0 Å². The molecule has 0 aromatic rings. The van der Waals surface area contributed by atoms with Gasteiger partial charge in [-0.25, -0.2) is 0 Å². The highest BCUT2D eigenvalue weighted by molar-refractivity contribution is 4.84. The van der Waals surface area contributed by atoms with Crippen molar-refractivity contribution in [2.75, 3.05) is 53.0 Å². The first kappa shape index (κ1) is 15.2. The molecule has 0 aromatic heterocycles. The van der Waals surface area contributed by atoms with Crippen molar-refractivity contribution in [1.29, 1.82) is 0 Å². The van der Waals surface area contributed by atoms with Crippen LogP contribution in [-0.4, -0.2) is 74.9 Å². The zero-order valence-electron chi connectivity index (χ0n) is 12.7. The van der Waals surface area contributed by atoms with Crippen LogP contribution in [0.4, 0.5) is 0 Å². The minimum absolute atomic E-state index is 0.666. The summed E-state index contributed by atoms with van der Waals surface area (Å²) in [5.74, 6) is 0. The molecule has 0 aromatic carbocycles. The lowest BCUT2D eigenvalue weighted by Crippen LogP contribution is -2.44. The highest BCUT2D eigenvalue weighted by atomic mass is 16.5. The van der Waals surface area contributed by atoms with Crippen LogP contribution in [0.3, 0.4) is 0 Å². The van der Waals surface area contributed by atoms with Gasteiger partial charge in [0.2, 0.25) is 0 Å². The smallest absolute Gasteiger partial charge is 0.0594 e. The van der Waals surface area contributed by atoms with Crippen LogP contribution in [0.1, 0.15) is 32.6 Å². The molecule has 19 heavy (non-hydrogen) atoms. The molecule has 112 valence electrons. The summed E-state index contributed by atoms with van der Waals surface area (Å²) in [6.45, 7) is 10.3. The summed E-state index contributed by atoms with van der Waals surface area (Å²) in [7, 11) is 2.05. The predicted molar refractivity (Wildman–Crippen MR) is 79.6 cm³/mol. The Balaban J connectivity index is 1.57. The van der Waals surface area contributed by atoms with E-state index in [1.165, 1.54) is 45.3 Å². The SMILES string of the molecule is CNC(C)CCCCN1CCC(N2CCOCC2)C1. The molecule has 2 unspecified atom stereocenters. The van der Waals surface area contributed by atoms with Gasteiger partial charge in [-0.2, -0.15) is 0 Å². The number of rotatable bonds is 7. The molecule has 2 atom stereocenters. The van der Waals surface area contributed by atoms with E-state index in [4.69, 9.17) is 4.74 Å². The molecule has 0 radical (unpaired) electrons. The summed E-state index contributed by atoms with van der Waals surface area (Å²) in [4.78, 5) is 5.29. The Labute approximate surface area is 118 Å². The maximum absolute atomic E-state index is 5.44. The first-order valence-corrected chi connectivity index (χ1v) is 8.01. The number of nitrogens with zero attached hydrogens (tertiary/aromatic N) is 2. The summed E-state index contributed by atoms with van der Waals surface area (Å²) in [5, 5.41) is 3.31. The highest BCUT2D eigenvalue weighted by Gasteiger charge is 2.28. The van der Waals surface area contributed by atoms with E-state index in [9.17, 15) is 0 Å². The van der Waals surface area contributed by atoms with Crippen LogP contribution in [0.5, 0.6) is 0 Å². The number of nitrogens with one attached hydrogen (secondary N) is 1. The van der Waals surface area contributed by atoms with E-state index in [2.05, 4.69) is 29.1 Å². The Morgan fingerprint density at radius 1 is 1.21 bits per heavy atom. The third-order valence-corrected chi connectivity index (χ3v) is 4.66. The van der Waals surface area contributed by atoms with Crippen molar-refractivity contribution < 1.29 is 4.74 Å². The second kappa shape index (κ2) is 8.20. The molecule has 2 aliphatic heterocycles. The molecule has 0 aliphatic carbocycles. The lowest BCUT2D eigenvalue weighted by atomic mass is 10.1. The van der Waals surface area contributed by atoms with Crippen LogP contribution in [0.2, 0.25) is 0 Å². The number of morpholine rings is 1. The summed E-state index contributed by atoms with van der Waals surface area (Å²) in [6, 6.07) is 1.46. The summed E-state index contributed by atoms with van der Waals surface area (Å²) in [6.07, 6.45) is 5.35. The summed E-state index contributed by atoms with van der Waals surface area (Å²) < 4.78 is 5.44. The van der Waals surface area contributed by atoms with Gasteiger partial charge in [-0.3, -0.25) is 4.90 Å². The normalized spacial score (nSPS) is 27.8. The van der Waals surface area contributed by atoms with Gasteiger partial charge in [0.05, 0.1) is 13.2 Å². The van der Waals surface area contributed by atoms with Gasteiger partial charge in [-0.1, -0.05) is 6.42 Å². The lowest BCUT2D eigenvalue weighted by Gasteiger charge is -2.32. The minimum Gasteiger partial charge on any atom is -0.379 e. The Morgan fingerprint density at radius 3 is 2.74 bits per heavy atom. The van der Waals surface area contributed by atoms with Crippen LogP contribution in [0.25, 0.3) is 0 Å².